The Bertz CT molecular complexity index is 984. The molecule has 0 atom stereocenters. The van der Waals surface area contributed by atoms with Gasteiger partial charge in [-0.3, -0.25) is 0 Å². The normalized spacial score (nSPS) is 11.7. The highest BCUT2D eigenvalue weighted by Crippen LogP contribution is 2.24. The highest BCUT2D eigenvalue weighted by Gasteiger charge is 2.18. The van der Waals surface area contributed by atoms with Gasteiger partial charge in [-0.25, -0.2) is 14.6 Å². The van der Waals surface area contributed by atoms with Crippen molar-refractivity contribution in [1.82, 2.24) is 34.3 Å². The van der Waals surface area contributed by atoms with Gasteiger partial charge < -0.3 is 10.2 Å². The second-order valence-corrected chi connectivity index (χ2v) is 5.08. The molecule has 112 valence electrons. The standard InChI is InChI=1S/C12H11ClN8O/c1-6-8(22-5-15-6)9-17-11-7-4-16-20(3-2-13)10(7)18-12(14)21(11)19-9/h4-5H,2-3H2,1H3,(H2,14,18). The van der Waals surface area contributed by atoms with E-state index in [9.17, 15) is 0 Å². The van der Waals surface area contributed by atoms with Crippen LogP contribution in [-0.4, -0.2) is 40.2 Å². The molecule has 22 heavy (non-hydrogen) atoms. The average Bonchev–Trinajstić information content (AvgIpc) is 3.18. The molecule has 0 unspecified atom stereocenters. The Balaban J connectivity index is 2.01. The summed E-state index contributed by atoms with van der Waals surface area (Å²) >= 11 is 5.77. The van der Waals surface area contributed by atoms with Gasteiger partial charge in [0.25, 0.3) is 0 Å². The molecule has 4 aromatic heterocycles. The van der Waals surface area contributed by atoms with Crippen molar-refractivity contribution in [2.45, 2.75) is 13.5 Å². The van der Waals surface area contributed by atoms with Crippen LogP contribution in [0.1, 0.15) is 5.69 Å². The number of nitrogens with zero attached hydrogens (tertiary/aromatic N) is 7. The van der Waals surface area contributed by atoms with E-state index in [1.54, 1.807) is 10.9 Å². The van der Waals surface area contributed by atoms with Crippen molar-refractivity contribution < 1.29 is 4.42 Å². The van der Waals surface area contributed by atoms with Crippen molar-refractivity contribution in [1.29, 1.82) is 0 Å². The Morgan fingerprint density at radius 3 is 2.91 bits per heavy atom. The van der Waals surface area contributed by atoms with Crippen molar-refractivity contribution in [3.05, 3.63) is 18.3 Å². The monoisotopic (exact) mass is 318 g/mol. The maximum Gasteiger partial charge on any atom is 0.225 e. The molecule has 10 heteroatoms. The molecule has 0 saturated carbocycles. The summed E-state index contributed by atoms with van der Waals surface area (Å²) in [5.41, 5.74) is 7.87. The molecular weight excluding hydrogens is 308 g/mol. The molecular formula is C12H11ClN8O. The van der Waals surface area contributed by atoms with E-state index in [4.69, 9.17) is 21.8 Å². The number of aryl methyl sites for hydroxylation is 2. The highest BCUT2D eigenvalue weighted by atomic mass is 35.5. The predicted octanol–water partition coefficient (Wildman–Crippen LogP) is 1.26. The number of alkyl halides is 1. The third-order valence-electron chi connectivity index (χ3n) is 3.34. The van der Waals surface area contributed by atoms with E-state index in [1.165, 1.54) is 10.9 Å². The molecule has 4 heterocycles. The summed E-state index contributed by atoms with van der Waals surface area (Å²) in [6.45, 7) is 2.36. The Labute approximate surface area is 128 Å². The molecule has 4 rings (SSSR count). The van der Waals surface area contributed by atoms with Gasteiger partial charge in [-0.15, -0.1) is 16.7 Å². The zero-order valence-electron chi connectivity index (χ0n) is 11.6. The van der Waals surface area contributed by atoms with E-state index in [-0.39, 0.29) is 5.95 Å². The Morgan fingerprint density at radius 1 is 1.32 bits per heavy atom. The van der Waals surface area contributed by atoms with Crippen LogP contribution in [0.15, 0.2) is 17.0 Å². The van der Waals surface area contributed by atoms with Gasteiger partial charge in [-0.05, 0) is 6.92 Å². The van der Waals surface area contributed by atoms with Crippen LogP contribution >= 0.6 is 11.6 Å². The van der Waals surface area contributed by atoms with Gasteiger partial charge in [-0.2, -0.15) is 14.6 Å². The van der Waals surface area contributed by atoms with Crippen LogP contribution in [0.3, 0.4) is 0 Å². The first kappa shape index (κ1) is 13.0. The van der Waals surface area contributed by atoms with E-state index in [0.717, 1.165) is 5.39 Å². The lowest BCUT2D eigenvalue weighted by atomic mass is 10.3. The number of hydrogen-bond acceptors (Lipinski definition) is 7. The quantitative estimate of drug-likeness (QED) is 0.566. The lowest BCUT2D eigenvalue weighted by Gasteiger charge is -2.01. The lowest BCUT2D eigenvalue weighted by Crippen LogP contribution is -2.06. The molecule has 0 aliphatic rings. The van der Waals surface area contributed by atoms with E-state index >= 15 is 0 Å². The van der Waals surface area contributed by atoms with Crippen LogP contribution < -0.4 is 5.73 Å². The number of nitrogens with two attached hydrogens (primary N) is 1. The number of oxazole rings is 1. The molecule has 0 saturated heterocycles. The number of halogens is 1. The number of aromatic nitrogens is 7. The number of hydrogen-bond donors (Lipinski definition) is 1. The van der Waals surface area contributed by atoms with Crippen LogP contribution in [0, 0.1) is 6.92 Å². The van der Waals surface area contributed by atoms with E-state index in [1.807, 2.05) is 6.92 Å². The summed E-state index contributed by atoms with van der Waals surface area (Å²) in [6.07, 6.45) is 3.03. The minimum atomic E-state index is 0.217. The third kappa shape index (κ3) is 1.75. The average molecular weight is 319 g/mol. The zero-order chi connectivity index (χ0) is 15.3. The van der Waals surface area contributed by atoms with E-state index in [2.05, 4.69) is 25.1 Å². The number of rotatable bonds is 3. The third-order valence-corrected chi connectivity index (χ3v) is 3.51. The molecule has 0 aromatic carbocycles. The zero-order valence-corrected chi connectivity index (χ0v) is 12.3. The van der Waals surface area contributed by atoms with Gasteiger partial charge in [0.15, 0.2) is 23.4 Å². The van der Waals surface area contributed by atoms with Crippen LogP contribution in [0.5, 0.6) is 0 Å². The van der Waals surface area contributed by atoms with Crippen LogP contribution in [0.25, 0.3) is 28.3 Å². The summed E-state index contributed by atoms with van der Waals surface area (Å²) < 4.78 is 8.48. The maximum absolute atomic E-state index is 5.98. The summed E-state index contributed by atoms with van der Waals surface area (Å²) in [6, 6.07) is 0. The Kier molecular flexibility index (Phi) is 2.76. The van der Waals surface area contributed by atoms with Crippen molar-refractivity contribution in [3.8, 4) is 11.6 Å². The molecule has 0 aliphatic heterocycles. The maximum atomic E-state index is 5.98. The second-order valence-electron chi connectivity index (χ2n) is 4.70. The predicted molar refractivity (Wildman–Crippen MR) is 79.4 cm³/mol. The van der Waals surface area contributed by atoms with Crippen LogP contribution in [0.4, 0.5) is 5.95 Å². The van der Waals surface area contributed by atoms with E-state index < -0.39 is 0 Å². The van der Waals surface area contributed by atoms with Gasteiger partial charge in [0, 0.05) is 5.88 Å². The first-order valence-corrected chi connectivity index (χ1v) is 7.06. The smallest absolute Gasteiger partial charge is 0.225 e. The molecule has 2 N–H and O–H groups in total. The lowest BCUT2D eigenvalue weighted by molar-refractivity contribution is 0.566. The fraction of sp³-hybridized carbons (Fsp3) is 0.250. The SMILES string of the molecule is Cc1ncoc1-c1nc2c3cnn(CCCl)c3nc(N)n2n1. The minimum absolute atomic E-state index is 0.217. The van der Waals surface area contributed by atoms with Crippen molar-refractivity contribution in [2.75, 3.05) is 11.6 Å². The van der Waals surface area contributed by atoms with Crippen molar-refractivity contribution in [3.63, 3.8) is 0 Å². The first-order valence-electron chi connectivity index (χ1n) is 6.53. The first-order chi connectivity index (χ1) is 10.7. The molecule has 4 aromatic rings. The molecule has 9 nitrogen and oxygen atoms in total. The van der Waals surface area contributed by atoms with Gasteiger partial charge in [0.05, 0.1) is 23.8 Å². The minimum Gasteiger partial charge on any atom is -0.440 e. The molecule has 0 radical (unpaired) electrons. The summed E-state index contributed by atoms with van der Waals surface area (Å²) in [5.74, 6) is 1.55. The summed E-state index contributed by atoms with van der Waals surface area (Å²) in [5, 5.41) is 9.35. The topological polar surface area (TPSA) is 113 Å². The summed E-state index contributed by atoms with van der Waals surface area (Å²) in [7, 11) is 0. The second kappa shape index (κ2) is 4.67. The highest BCUT2D eigenvalue weighted by molar-refractivity contribution is 6.17. The van der Waals surface area contributed by atoms with Crippen LogP contribution in [0.2, 0.25) is 0 Å². The van der Waals surface area contributed by atoms with Gasteiger partial charge in [-0.1, -0.05) is 0 Å². The van der Waals surface area contributed by atoms with Crippen LogP contribution in [-0.2, 0) is 6.54 Å². The largest absolute Gasteiger partial charge is 0.440 e. The summed E-state index contributed by atoms with van der Waals surface area (Å²) in [4.78, 5) is 12.9. The van der Waals surface area contributed by atoms with Crippen molar-refractivity contribution >= 4 is 34.2 Å². The van der Waals surface area contributed by atoms with Gasteiger partial charge >= 0.3 is 0 Å². The number of anilines is 1. The Hall–Kier alpha value is -2.68. The molecule has 0 spiro atoms. The molecule has 0 bridgehead atoms. The van der Waals surface area contributed by atoms with Crippen molar-refractivity contribution in [2.24, 2.45) is 0 Å². The Morgan fingerprint density at radius 2 is 2.18 bits per heavy atom. The van der Waals surface area contributed by atoms with Gasteiger partial charge in [0.1, 0.15) is 0 Å². The molecule has 0 amide bonds. The number of fused-ring (bicyclic) bond motifs is 3. The molecule has 0 fully saturated rings. The van der Waals surface area contributed by atoms with Gasteiger partial charge in [0.2, 0.25) is 11.8 Å². The molecule has 0 aliphatic carbocycles. The fourth-order valence-corrected chi connectivity index (χ4v) is 2.47. The number of nitrogen functional groups attached to an aromatic ring is 1. The van der Waals surface area contributed by atoms with E-state index in [0.29, 0.717) is 41.0 Å². The fourth-order valence-electron chi connectivity index (χ4n) is 2.31.